The van der Waals surface area contributed by atoms with E-state index in [2.05, 4.69) is 33.2 Å². The monoisotopic (exact) mass is 487 g/mol. The number of β-amino-alcohol motifs (C(OH)–C–C–N with tert-alkyl or cyclic N) is 1. The van der Waals surface area contributed by atoms with Crippen molar-refractivity contribution in [2.45, 2.75) is 45.3 Å². The maximum atomic E-state index is 13.5. The van der Waals surface area contributed by atoms with E-state index in [4.69, 9.17) is 9.72 Å². The van der Waals surface area contributed by atoms with Gasteiger partial charge in [-0.1, -0.05) is 13.3 Å². The predicted molar refractivity (Wildman–Crippen MR) is 139 cm³/mol. The summed E-state index contributed by atoms with van der Waals surface area (Å²) < 4.78 is 10.1. The molecule has 0 radical (unpaired) electrons. The van der Waals surface area contributed by atoms with Crippen molar-refractivity contribution < 1.29 is 14.6 Å². The summed E-state index contributed by atoms with van der Waals surface area (Å²) in [7, 11) is 3.62. The molecule has 4 aromatic rings. The lowest BCUT2D eigenvalue weighted by Gasteiger charge is -2.35. The number of pyridine rings is 1. The maximum absolute atomic E-state index is 13.5. The highest BCUT2D eigenvalue weighted by molar-refractivity contribution is 6.00. The molecule has 4 heterocycles. The van der Waals surface area contributed by atoms with Crippen molar-refractivity contribution in [3.05, 3.63) is 42.1 Å². The lowest BCUT2D eigenvalue weighted by molar-refractivity contribution is 0.0303. The molecule has 1 aliphatic heterocycles. The Balaban J connectivity index is 1.44. The number of benzene rings is 1. The van der Waals surface area contributed by atoms with Crippen molar-refractivity contribution in [3.63, 3.8) is 0 Å². The molecule has 1 saturated heterocycles. The van der Waals surface area contributed by atoms with E-state index >= 15 is 0 Å². The largest absolute Gasteiger partial charge is 0.494 e. The molecular weight excluding hydrogens is 454 g/mol. The summed E-state index contributed by atoms with van der Waals surface area (Å²) in [4.78, 5) is 24.9. The second-order valence-corrected chi connectivity index (χ2v) is 10.4. The Hall–Kier alpha value is -3.39. The zero-order chi connectivity index (χ0) is 25.0. The quantitative estimate of drug-likeness (QED) is 0.440. The van der Waals surface area contributed by atoms with Gasteiger partial charge in [-0.2, -0.15) is 0 Å². The summed E-state index contributed by atoms with van der Waals surface area (Å²) in [5.74, 6) is 2.34. The number of ether oxygens (including phenoxy) is 1. The Morgan fingerprint density at radius 1 is 1.19 bits per heavy atom. The number of amides is 1. The Morgan fingerprint density at radius 3 is 2.78 bits per heavy atom. The summed E-state index contributed by atoms with van der Waals surface area (Å²) in [5, 5.41) is 11.4. The number of hydrogen-bond acceptors (Lipinski definition) is 5. The molecule has 8 nitrogen and oxygen atoms in total. The first-order chi connectivity index (χ1) is 17.5. The van der Waals surface area contributed by atoms with Crippen LogP contribution in [0.1, 0.15) is 43.0 Å². The summed E-state index contributed by atoms with van der Waals surface area (Å²) in [5.41, 5.74) is 4.10. The number of aliphatic hydroxyl groups is 1. The molecule has 0 bridgehead atoms. The van der Waals surface area contributed by atoms with Gasteiger partial charge in [0.2, 0.25) is 0 Å². The average Bonchev–Trinajstić information content (AvgIpc) is 3.56. The van der Waals surface area contributed by atoms with Gasteiger partial charge in [0.25, 0.3) is 5.91 Å². The normalized spacial score (nSPS) is 20.4. The fourth-order valence-electron chi connectivity index (χ4n) is 5.65. The van der Waals surface area contributed by atoms with Crippen LogP contribution in [0.4, 0.5) is 0 Å². The van der Waals surface area contributed by atoms with Crippen molar-refractivity contribution in [1.82, 2.24) is 24.0 Å². The number of nitrogens with zero attached hydrogens (tertiary/aromatic N) is 5. The zero-order valence-electron chi connectivity index (χ0n) is 21.1. The molecule has 3 aromatic heterocycles. The van der Waals surface area contributed by atoms with E-state index in [1.807, 2.05) is 25.4 Å². The molecular formula is C28H33N5O3. The Morgan fingerprint density at radius 2 is 2.03 bits per heavy atom. The lowest BCUT2D eigenvalue weighted by atomic mass is 9.93. The van der Waals surface area contributed by atoms with Gasteiger partial charge in [0, 0.05) is 43.8 Å². The van der Waals surface area contributed by atoms with Gasteiger partial charge in [-0.05, 0) is 61.4 Å². The molecule has 36 heavy (non-hydrogen) atoms. The number of carbonyl (C=O) groups excluding carboxylic acids is 1. The minimum Gasteiger partial charge on any atom is -0.494 e. The van der Waals surface area contributed by atoms with E-state index in [-0.39, 0.29) is 5.91 Å². The number of imidazole rings is 1. The molecule has 2 fully saturated rings. The van der Waals surface area contributed by atoms with Crippen LogP contribution in [0.3, 0.4) is 0 Å². The van der Waals surface area contributed by atoms with Crippen molar-refractivity contribution in [2.75, 3.05) is 20.2 Å². The molecule has 8 heteroatoms. The Labute approximate surface area is 210 Å². The van der Waals surface area contributed by atoms with Crippen molar-refractivity contribution in [2.24, 2.45) is 18.9 Å². The summed E-state index contributed by atoms with van der Waals surface area (Å²) in [6, 6.07) is 9.87. The average molecular weight is 488 g/mol. The van der Waals surface area contributed by atoms with E-state index in [0.29, 0.717) is 36.2 Å². The van der Waals surface area contributed by atoms with E-state index in [1.165, 1.54) is 12.8 Å². The lowest BCUT2D eigenvalue weighted by Crippen LogP contribution is -2.46. The summed E-state index contributed by atoms with van der Waals surface area (Å²) >= 11 is 0. The number of fused-ring (bicyclic) bond motifs is 2. The first-order valence-electron chi connectivity index (χ1n) is 12.9. The van der Waals surface area contributed by atoms with Crippen molar-refractivity contribution >= 4 is 28.0 Å². The number of aromatic nitrogens is 4. The summed E-state index contributed by atoms with van der Waals surface area (Å²) in [6.45, 7) is 4.05. The van der Waals surface area contributed by atoms with E-state index in [0.717, 1.165) is 53.0 Å². The topological polar surface area (TPSA) is 85.4 Å². The van der Waals surface area contributed by atoms with Crippen LogP contribution < -0.4 is 4.74 Å². The van der Waals surface area contributed by atoms with Crippen LogP contribution in [-0.4, -0.2) is 61.3 Å². The zero-order valence-corrected chi connectivity index (χ0v) is 21.1. The molecule has 6 rings (SSSR count). The fraction of sp³-hybridized carbons (Fsp3) is 0.464. The number of aryl methyl sites for hydroxylation is 1. The van der Waals surface area contributed by atoms with Gasteiger partial charge >= 0.3 is 0 Å². The van der Waals surface area contributed by atoms with Crippen LogP contribution >= 0.6 is 0 Å². The molecule has 1 saturated carbocycles. The molecule has 2 atom stereocenters. The van der Waals surface area contributed by atoms with E-state index < -0.39 is 6.10 Å². The third-order valence-electron chi connectivity index (χ3n) is 7.80. The maximum Gasteiger partial charge on any atom is 0.254 e. The van der Waals surface area contributed by atoms with Gasteiger partial charge in [-0.25, -0.2) is 9.97 Å². The molecule has 0 spiro atoms. The first-order valence-corrected chi connectivity index (χ1v) is 12.9. The smallest absolute Gasteiger partial charge is 0.254 e. The fourth-order valence-corrected chi connectivity index (χ4v) is 5.65. The first kappa shape index (κ1) is 23.0. The number of piperidine rings is 1. The SMILES string of the molecule is CC[C@@H]1C[C@@H](O)CN(C(=O)c2cc(OC)c3c(c2)nc(-c2cc4cccnc4n2CC2CC2)n3C)C1. The Kier molecular flexibility index (Phi) is 5.71. The number of carbonyl (C=O) groups is 1. The van der Waals surface area contributed by atoms with Gasteiger partial charge in [-0.3, -0.25) is 4.79 Å². The van der Waals surface area contributed by atoms with Gasteiger partial charge in [0.05, 0.1) is 24.4 Å². The molecule has 1 amide bonds. The van der Waals surface area contributed by atoms with Crippen LogP contribution in [-0.2, 0) is 13.6 Å². The van der Waals surface area contributed by atoms with Gasteiger partial charge in [0.1, 0.15) is 16.9 Å². The number of rotatable bonds is 6. The van der Waals surface area contributed by atoms with Gasteiger partial charge < -0.3 is 23.9 Å². The van der Waals surface area contributed by atoms with E-state index in [1.54, 1.807) is 18.1 Å². The highest BCUT2D eigenvalue weighted by Gasteiger charge is 2.30. The summed E-state index contributed by atoms with van der Waals surface area (Å²) in [6.07, 6.45) is 5.54. The van der Waals surface area contributed by atoms with Gasteiger partial charge in [-0.15, -0.1) is 0 Å². The second kappa shape index (κ2) is 8.92. The number of likely N-dealkylation sites (tertiary alicyclic amines) is 1. The predicted octanol–water partition coefficient (Wildman–Crippen LogP) is 4.24. The minimum atomic E-state index is -0.485. The Bertz CT molecular complexity index is 1450. The molecule has 1 N–H and O–H groups in total. The third kappa shape index (κ3) is 3.93. The van der Waals surface area contributed by atoms with E-state index in [9.17, 15) is 9.90 Å². The second-order valence-electron chi connectivity index (χ2n) is 10.4. The minimum absolute atomic E-state index is 0.0911. The molecule has 1 aliphatic carbocycles. The van der Waals surface area contributed by atoms with Crippen LogP contribution in [0.15, 0.2) is 36.5 Å². The number of aliphatic hydroxyl groups excluding tert-OH is 1. The molecule has 188 valence electrons. The van der Waals surface area contributed by atoms with Crippen molar-refractivity contribution in [3.8, 4) is 17.3 Å². The van der Waals surface area contributed by atoms with Crippen LogP contribution in [0.2, 0.25) is 0 Å². The van der Waals surface area contributed by atoms with Gasteiger partial charge in [0.15, 0.2) is 5.82 Å². The molecule has 0 unspecified atom stereocenters. The highest BCUT2D eigenvalue weighted by atomic mass is 16.5. The standard InChI is InChI=1S/C28H33N5O3/c1-4-17-10-21(34)16-32(14-17)28(35)20-11-22-25(24(13-20)36-3)31(2)27(30-22)23-12-19-6-5-9-29-26(19)33(23)15-18-7-8-18/h5-6,9,11-13,17-18,21,34H,4,7-8,10,14-16H2,1-3H3/t17-,21-/m1/s1. The molecule has 2 aliphatic rings. The van der Waals surface area contributed by atoms with Crippen molar-refractivity contribution in [1.29, 1.82) is 0 Å². The third-order valence-corrected chi connectivity index (χ3v) is 7.80. The molecule has 1 aromatic carbocycles. The highest BCUT2D eigenvalue weighted by Crippen LogP contribution is 2.37. The van der Waals surface area contributed by atoms with Crippen LogP contribution in [0.5, 0.6) is 5.75 Å². The number of hydrogen-bond donors (Lipinski definition) is 1. The number of methoxy groups -OCH3 is 1. The van der Waals surface area contributed by atoms with Crippen LogP contribution in [0, 0.1) is 11.8 Å². The van der Waals surface area contributed by atoms with Crippen LogP contribution in [0.25, 0.3) is 33.6 Å².